The molecule has 3 rings (SSSR count). The molecule has 0 aromatic carbocycles. The highest BCUT2D eigenvalue weighted by molar-refractivity contribution is 5.83. The Bertz CT molecular complexity index is 624. The van der Waals surface area contributed by atoms with Gasteiger partial charge >= 0.3 is 0 Å². The molecular weight excluding hydrogens is 334 g/mol. The maximum absolute atomic E-state index is 12.8. The highest BCUT2D eigenvalue weighted by atomic mass is 16.5. The van der Waals surface area contributed by atoms with Crippen LogP contribution in [0.4, 0.5) is 0 Å². The molecule has 2 saturated heterocycles. The Hall–Kier alpha value is -1.86. The van der Waals surface area contributed by atoms with Gasteiger partial charge in [-0.25, -0.2) is 0 Å². The van der Waals surface area contributed by atoms with Crippen molar-refractivity contribution in [3.05, 3.63) is 23.7 Å². The molecule has 0 N–H and O–H groups in total. The second-order valence-corrected chi connectivity index (χ2v) is 7.24. The van der Waals surface area contributed by atoms with Crippen LogP contribution < -0.4 is 0 Å². The van der Waals surface area contributed by atoms with Gasteiger partial charge in [-0.3, -0.25) is 14.5 Å². The first-order valence-electron chi connectivity index (χ1n) is 9.41. The van der Waals surface area contributed by atoms with Crippen molar-refractivity contribution in [2.45, 2.75) is 26.3 Å². The number of morpholine rings is 1. The number of nitrogens with zero attached hydrogens (tertiary/aromatic N) is 3. The summed E-state index contributed by atoms with van der Waals surface area (Å²) in [7, 11) is 1.80. The highest BCUT2D eigenvalue weighted by Crippen LogP contribution is 2.21. The van der Waals surface area contributed by atoms with E-state index in [9.17, 15) is 9.59 Å². The molecule has 0 radical (unpaired) electrons. The average molecular weight is 363 g/mol. The third-order valence-electron chi connectivity index (χ3n) is 5.20. The van der Waals surface area contributed by atoms with Crippen LogP contribution in [-0.2, 0) is 20.9 Å². The lowest BCUT2D eigenvalue weighted by atomic mass is 9.96. The van der Waals surface area contributed by atoms with E-state index in [1.807, 2.05) is 24.0 Å². The number of likely N-dealkylation sites (tertiary alicyclic amines) is 1. The number of furan rings is 1. The van der Waals surface area contributed by atoms with Crippen molar-refractivity contribution in [2.75, 3.05) is 53.0 Å². The molecular formula is C19H29N3O4. The van der Waals surface area contributed by atoms with Gasteiger partial charge in [0.25, 0.3) is 0 Å². The van der Waals surface area contributed by atoms with Crippen molar-refractivity contribution in [1.29, 1.82) is 0 Å². The summed E-state index contributed by atoms with van der Waals surface area (Å²) in [5, 5.41) is 0. The molecule has 1 atom stereocenters. The topological polar surface area (TPSA) is 66.2 Å². The summed E-state index contributed by atoms with van der Waals surface area (Å²) < 4.78 is 10.9. The summed E-state index contributed by atoms with van der Waals surface area (Å²) in [5.41, 5.74) is 0. The standard InChI is InChI=1S/C19H29N3O4/c1-15-3-5-17(26-15)14-20(2)19(24)16-4-6-18(23)22(13-16)8-7-21-9-11-25-12-10-21/h3,5,16H,4,6-14H2,1-2H3. The smallest absolute Gasteiger partial charge is 0.227 e. The minimum atomic E-state index is -0.126. The van der Waals surface area contributed by atoms with Crippen molar-refractivity contribution in [3.63, 3.8) is 0 Å². The molecule has 1 unspecified atom stereocenters. The predicted molar refractivity (Wildman–Crippen MR) is 96.5 cm³/mol. The van der Waals surface area contributed by atoms with Crippen LogP contribution in [0, 0.1) is 12.8 Å². The fourth-order valence-electron chi connectivity index (χ4n) is 3.61. The van der Waals surface area contributed by atoms with E-state index in [1.54, 1.807) is 11.9 Å². The molecule has 1 aromatic rings. The second kappa shape index (κ2) is 8.68. The predicted octanol–water partition coefficient (Wildman–Crippen LogP) is 1.12. The largest absolute Gasteiger partial charge is 0.464 e. The van der Waals surface area contributed by atoms with E-state index in [0.29, 0.717) is 32.5 Å². The van der Waals surface area contributed by atoms with Crippen molar-refractivity contribution >= 4 is 11.8 Å². The maximum atomic E-state index is 12.8. The number of rotatable bonds is 6. The van der Waals surface area contributed by atoms with Gasteiger partial charge in [0.2, 0.25) is 11.8 Å². The number of aryl methyl sites for hydroxylation is 1. The van der Waals surface area contributed by atoms with Crippen LogP contribution in [0.3, 0.4) is 0 Å². The number of hydrogen-bond donors (Lipinski definition) is 0. The first-order valence-corrected chi connectivity index (χ1v) is 9.41. The first kappa shape index (κ1) is 18.9. The molecule has 3 heterocycles. The van der Waals surface area contributed by atoms with Gasteiger partial charge in [-0.15, -0.1) is 0 Å². The molecule has 26 heavy (non-hydrogen) atoms. The SMILES string of the molecule is Cc1ccc(CN(C)C(=O)C2CCC(=O)N(CCN3CCOCC3)C2)o1. The monoisotopic (exact) mass is 363 g/mol. The van der Waals surface area contributed by atoms with E-state index < -0.39 is 0 Å². The number of carbonyl (C=O) groups excluding carboxylic acids is 2. The summed E-state index contributed by atoms with van der Waals surface area (Å²) in [6, 6.07) is 3.80. The number of hydrogen-bond acceptors (Lipinski definition) is 5. The van der Waals surface area contributed by atoms with Gasteiger partial charge in [-0.05, 0) is 25.5 Å². The van der Waals surface area contributed by atoms with Crippen LogP contribution in [0.15, 0.2) is 16.5 Å². The Morgan fingerprint density at radius 3 is 2.73 bits per heavy atom. The normalized spacial score (nSPS) is 21.8. The Kier molecular flexibility index (Phi) is 6.32. The molecule has 7 heteroatoms. The third-order valence-corrected chi connectivity index (χ3v) is 5.20. The lowest BCUT2D eigenvalue weighted by Gasteiger charge is -2.35. The summed E-state index contributed by atoms with van der Waals surface area (Å²) in [4.78, 5) is 30.9. The number of carbonyl (C=O) groups is 2. The molecule has 2 amide bonds. The maximum Gasteiger partial charge on any atom is 0.227 e. The highest BCUT2D eigenvalue weighted by Gasteiger charge is 2.32. The fraction of sp³-hybridized carbons (Fsp3) is 0.684. The van der Waals surface area contributed by atoms with Gasteiger partial charge in [0, 0.05) is 46.2 Å². The minimum Gasteiger partial charge on any atom is -0.464 e. The summed E-state index contributed by atoms with van der Waals surface area (Å²) in [6.07, 6.45) is 1.08. The van der Waals surface area contributed by atoms with Crippen molar-refractivity contribution in [1.82, 2.24) is 14.7 Å². The van der Waals surface area contributed by atoms with Crippen LogP contribution in [0.2, 0.25) is 0 Å². The van der Waals surface area contributed by atoms with Crippen LogP contribution in [-0.4, -0.2) is 79.5 Å². The molecule has 0 saturated carbocycles. The van der Waals surface area contributed by atoms with Gasteiger partial charge in [0.15, 0.2) is 0 Å². The Balaban J connectivity index is 1.50. The number of amides is 2. The van der Waals surface area contributed by atoms with Crippen molar-refractivity contribution in [2.24, 2.45) is 5.92 Å². The molecule has 2 fully saturated rings. The van der Waals surface area contributed by atoms with E-state index in [1.165, 1.54) is 0 Å². The lowest BCUT2D eigenvalue weighted by molar-refractivity contribution is -0.143. The Morgan fingerprint density at radius 2 is 2.04 bits per heavy atom. The fourth-order valence-corrected chi connectivity index (χ4v) is 3.61. The lowest BCUT2D eigenvalue weighted by Crippen LogP contribution is -2.49. The number of piperidine rings is 1. The zero-order valence-corrected chi connectivity index (χ0v) is 15.8. The molecule has 7 nitrogen and oxygen atoms in total. The molecule has 2 aliphatic rings. The molecule has 1 aromatic heterocycles. The Morgan fingerprint density at radius 1 is 1.27 bits per heavy atom. The van der Waals surface area contributed by atoms with Gasteiger partial charge < -0.3 is 19.0 Å². The van der Waals surface area contributed by atoms with E-state index in [4.69, 9.17) is 9.15 Å². The van der Waals surface area contributed by atoms with Gasteiger partial charge in [-0.2, -0.15) is 0 Å². The summed E-state index contributed by atoms with van der Waals surface area (Å²) >= 11 is 0. The van der Waals surface area contributed by atoms with E-state index in [2.05, 4.69) is 4.90 Å². The molecule has 2 aliphatic heterocycles. The van der Waals surface area contributed by atoms with Gasteiger partial charge in [0.1, 0.15) is 11.5 Å². The van der Waals surface area contributed by atoms with Crippen LogP contribution in [0.1, 0.15) is 24.4 Å². The molecule has 0 aliphatic carbocycles. The average Bonchev–Trinajstić information content (AvgIpc) is 3.06. The Labute approximate surface area is 154 Å². The van der Waals surface area contributed by atoms with Crippen molar-refractivity contribution < 1.29 is 18.7 Å². The van der Waals surface area contributed by atoms with Crippen LogP contribution >= 0.6 is 0 Å². The zero-order valence-electron chi connectivity index (χ0n) is 15.8. The van der Waals surface area contributed by atoms with E-state index >= 15 is 0 Å². The van der Waals surface area contributed by atoms with Crippen LogP contribution in [0.25, 0.3) is 0 Å². The van der Waals surface area contributed by atoms with Crippen LogP contribution in [0.5, 0.6) is 0 Å². The van der Waals surface area contributed by atoms with E-state index in [-0.39, 0.29) is 17.7 Å². The van der Waals surface area contributed by atoms with Gasteiger partial charge in [0.05, 0.1) is 25.7 Å². The molecule has 0 bridgehead atoms. The third kappa shape index (κ3) is 4.86. The zero-order chi connectivity index (χ0) is 18.5. The second-order valence-electron chi connectivity index (χ2n) is 7.24. The summed E-state index contributed by atoms with van der Waals surface area (Å²) in [5.74, 6) is 1.75. The first-order chi connectivity index (χ1) is 12.5. The number of ether oxygens (including phenoxy) is 1. The van der Waals surface area contributed by atoms with Crippen molar-refractivity contribution in [3.8, 4) is 0 Å². The van der Waals surface area contributed by atoms with E-state index in [0.717, 1.165) is 44.4 Å². The molecule has 0 spiro atoms. The summed E-state index contributed by atoms with van der Waals surface area (Å²) in [6.45, 7) is 7.74. The molecule has 144 valence electrons. The minimum absolute atomic E-state index is 0.0860. The van der Waals surface area contributed by atoms with Gasteiger partial charge in [-0.1, -0.05) is 0 Å². The quantitative estimate of drug-likeness (QED) is 0.758.